The zero-order valence-electron chi connectivity index (χ0n) is 13.3. The van der Waals surface area contributed by atoms with Gasteiger partial charge in [0.2, 0.25) is 11.0 Å². The highest BCUT2D eigenvalue weighted by atomic mass is 35.5. The summed E-state index contributed by atoms with van der Waals surface area (Å²) in [6.45, 7) is 2.46. The zero-order valence-corrected chi connectivity index (χ0v) is 15.7. The number of hydrogen-bond donors (Lipinski definition) is 1. The van der Waals surface area contributed by atoms with E-state index < -0.39 is 4.92 Å². The summed E-state index contributed by atoms with van der Waals surface area (Å²) in [5, 5.41) is 14.6. The van der Waals surface area contributed by atoms with Gasteiger partial charge in [0.15, 0.2) is 5.16 Å². The number of aromatic nitrogens is 2. The minimum Gasteiger partial charge on any atom is -0.360 e. The number of nitrogens with zero attached hydrogens (tertiary/aromatic N) is 3. The first-order chi connectivity index (χ1) is 11.5. The van der Waals surface area contributed by atoms with Gasteiger partial charge in [-0.25, -0.2) is 4.98 Å². The topological polar surface area (TPSA) is 81.0 Å². The van der Waals surface area contributed by atoms with E-state index in [9.17, 15) is 10.1 Å². The fraction of sp³-hybridized carbons (Fsp3) is 0.333. The van der Waals surface area contributed by atoms with Crippen molar-refractivity contribution in [2.45, 2.75) is 29.9 Å². The van der Waals surface area contributed by atoms with Crippen molar-refractivity contribution >= 4 is 46.6 Å². The van der Waals surface area contributed by atoms with Gasteiger partial charge in [-0.05, 0) is 30.4 Å². The van der Waals surface area contributed by atoms with E-state index in [2.05, 4.69) is 15.3 Å². The minimum atomic E-state index is -0.560. The van der Waals surface area contributed by atoms with Crippen LogP contribution in [0.25, 0.3) is 0 Å². The SMILES string of the molecule is CCCSc1nc(Cl)c([N+](=O)[O-])c(NCc2ccc(SC)cc2)n1. The normalized spacial score (nSPS) is 10.6. The van der Waals surface area contributed by atoms with Crippen molar-refractivity contribution in [3.8, 4) is 0 Å². The van der Waals surface area contributed by atoms with E-state index in [4.69, 9.17) is 11.6 Å². The fourth-order valence-corrected chi connectivity index (χ4v) is 3.28. The van der Waals surface area contributed by atoms with Crippen LogP contribution < -0.4 is 5.32 Å². The molecular weight excluding hydrogens is 368 g/mol. The van der Waals surface area contributed by atoms with Crippen LogP contribution in [0.1, 0.15) is 18.9 Å². The summed E-state index contributed by atoms with van der Waals surface area (Å²) in [7, 11) is 0. The molecule has 0 radical (unpaired) electrons. The van der Waals surface area contributed by atoms with Gasteiger partial charge >= 0.3 is 5.69 Å². The van der Waals surface area contributed by atoms with Gasteiger partial charge in [-0.1, -0.05) is 42.4 Å². The number of halogens is 1. The van der Waals surface area contributed by atoms with Crippen LogP contribution in [-0.4, -0.2) is 26.9 Å². The molecule has 0 bridgehead atoms. The summed E-state index contributed by atoms with van der Waals surface area (Å²) in [6, 6.07) is 7.96. The molecule has 128 valence electrons. The zero-order chi connectivity index (χ0) is 17.5. The number of nitrogens with one attached hydrogen (secondary N) is 1. The van der Waals surface area contributed by atoms with E-state index in [1.54, 1.807) is 11.8 Å². The highest BCUT2D eigenvalue weighted by molar-refractivity contribution is 7.99. The van der Waals surface area contributed by atoms with Crippen LogP contribution in [-0.2, 0) is 6.54 Å². The number of thioether (sulfide) groups is 2. The molecule has 1 aromatic carbocycles. The molecule has 6 nitrogen and oxygen atoms in total. The largest absolute Gasteiger partial charge is 0.360 e. The Labute approximate surface area is 154 Å². The van der Waals surface area contributed by atoms with Crippen molar-refractivity contribution < 1.29 is 4.92 Å². The second-order valence-electron chi connectivity index (χ2n) is 4.80. The predicted molar refractivity (Wildman–Crippen MR) is 100 cm³/mol. The average Bonchev–Trinajstić information content (AvgIpc) is 2.57. The van der Waals surface area contributed by atoms with Crippen LogP contribution in [0.2, 0.25) is 5.15 Å². The molecule has 1 aromatic heterocycles. The molecule has 0 amide bonds. The molecule has 0 aliphatic heterocycles. The maximum absolute atomic E-state index is 11.3. The lowest BCUT2D eigenvalue weighted by molar-refractivity contribution is -0.384. The second kappa shape index (κ2) is 9.10. The van der Waals surface area contributed by atoms with Gasteiger partial charge in [-0.2, -0.15) is 4.98 Å². The van der Waals surface area contributed by atoms with Crippen LogP contribution >= 0.6 is 35.1 Å². The van der Waals surface area contributed by atoms with E-state index in [1.807, 2.05) is 37.4 Å². The van der Waals surface area contributed by atoms with Crippen LogP contribution in [0, 0.1) is 10.1 Å². The number of anilines is 1. The van der Waals surface area contributed by atoms with Gasteiger partial charge in [0.25, 0.3) is 0 Å². The molecule has 0 saturated carbocycles. The highest BCUT2D eigenvalue weighted by Gasteiger charge is 2.23. The number of rotatable bonds is 8. The molecule has 0 fully saturated rings. The third-order valence-electron chi connectivity index (χ3n) is 3.06. The molecule has 0 aliphatic carbocycles. The van der Waals surface area contributed by atoms with Crippen molar-refractivity contribution in [2.24, 2.45) is 0 Å². The van der Waals surface area contributed by atoms with Crippen molar-refractivity contribution in [2.75, 3.05) is 17.3 Å². The monoisotopic (exact) mass is 384 g/mol. The first-order valence-electron chi connectivity index (χ1n) is 7.26. The Morgan fingerprint density at radius 2 is 2.00 bits per heavy atom. The second-order valence-corrected chi connectivity index (χ2v) is 7.10. The quantitative estimate of drug-likeness (QED) is 0.228. The number of benzene rings is 1. The summed E-state index contributed by atoms with van der Waals surface area (Å²) in [5.74, 6) is 0.969. The smallest absolute Gasteiger partial charge is 0.348 e. The van der Waals surface area contributed by atoms with Gasteiger partial charge in [0, 0.05) is 17.2 Å². The lowest BCUT2D eigenvalue weighted by Gasteiger charge is -2.09. The highest BCUT2D eigenvalue weighted by Crippen LogP contribution is 2.32. The van der Waals surface area contributed by atoms with Crippen LogP contribution in [0.15, 0.2) is 34.3 Å². The molecule has 24 heavy (non-hydrogen) atoms. The summed E-state index contributed by atoms with van der Waals surface area (Å²) in [6.07, 6.45) is 2.96. The minimum absolute atomic E-state index is 0.145. The summed E-state index contributed by atoms with van der Waals surface area (Å²) in [4.78, 5) is 20.1. The average molecular weight is 385 g/mol. The molecule has 0 aliphatic rings. The Kier molecular flexibility index (Phi) is 7.14. The molecule has 2 rings (SSSR count). The van der Waals surface area contributed by atoms with Gasteiger partial charge in [0.05, 0.1) is 4.92 Å². The maximum Gasteiger partial charge on any atom is 0.348 e. The van der Waals surface area contributed by atoms with Gasteiger partial charge < -0.3 is 5.32 Å². The number of nitro groups is 1. The van der Waals surface area contributed by atoms with E-state index in [0.717, 1.165) is 22.6 Å². The molecule has 0 unspecified atom stereocenters. The number of hydrogen-bond acceptors (Lipinski definition) is 7. The first kappa shape index (κ1) is 18.8. The standard InChI is InChI=1S/C15H17ClN4O2S2/c1-3-8-24-15-18-13(16)12(20(21)22)14(19-15)17-9-10-4-6-11(23-2)7-5-10/h4-7H,3,8-9H2,1-2H3,(H,17,18,19). The van der Waals surface area contributed by atoms with Crippen LogP contribution in [0.4, 0.5) is 11.5 Å². The maximum atomic E-state index is 11.3. The molecule has 0 saturated heterocycles. The molecule has 0 spiro atoms. The molecule has 0 atom stereocenters. The summed E-state index contributed by atoms with van der Waals surface area (Å²) < 4.78 is 0. The third-order valence-corrected chi connectivity index (χ3v) is 5.12. The predicted octanol–water partition coefficient (Wildman–Crippen LogP) is 4.87. The lowest BCUT2D eigenvalue weighted by atomic mass is 10.2. The Morgan fingerprint density at radius 3 is 2.58 bits per heavy atom. The van der Waals surface area contributed by atoms with E-state index in [0.29, 0.717) is 11.7 Å². The van der Waals surface area contributed by atoms with Crippen LogP contribution in [0.5, 0.6) is 0 Å². The molecule has 9 heteroatoms. The van der Waals surface area contributed by atoms with Gasteiger partial charge in [-0.15, -0.1) is 11.8 Å². The Hall–Kier alpha value is -1.51. The Bertz CT molecular complexity index is 713. The Morgan fingerprint density at radius 1 is 1.29 bits per heavy atom. The third kappa shape index (κ3) is 4.99. The first-order valence-corrected chi connectivity index (χ1v) is 9.85. The van der Waals surface area contributed by atoms with Crippen molar-refractivity contribution in [3.63, 3.8) is 0 Å². The lowest BCUT2D eigenvalue weighted by Crippen LogP contribution is -2.07. The van der Waals surface area contributed by atoms with Gasteiger partial charge in [0.1, 0.15) is 0 Å². The van der Waals surface area contributed by atoms with E-state index in [1.165, 1.54) is 11.8 Å². The molecule has 1 N–H and O–H groups in total. The van der Waals surface area contributed by atoms with E-state index in [-0.39, 0.29) is 16.7 Å². The van der Waals surface area contributed by atoms with E-state index >= 15 is 0 Å². The van der Waals surface area contributed by atoms with Gasteiger partial charge in [-0.3, -0.25) is 10.1 Å². The molecule has 1 heterocycles. The Balaban J connectivity index is 2.21. The van der Waals surface area contributed by atoms with Crippen LogP contribution in [0.3, 0.4) is 0 Å². The summed E-state index contributed by atoms with van der Waals surface area (Å²) >= 11 is 9.06. The van der Waals surface area contributed by atoms with Crippen molar-refractivity contribution in [1.29, 1.82) is 0 Å². The molecular formula is C15H17ClN4O2S2. The fourth-order valence-electron chi connectivity index (χ4n) is 1.88. The molecule has 2 aromatic rings. The summed E-state index contributed by atoms with van der Waals surface area (Å²) in [5.41, 5.74) is 0.706. The van der Waals surface area contributed by atoms with Crippen molar-refractivity contribution in [3.05, 3.63) is 45.1 Å². The van der Waals surface area contributed by atoms with Crippen molar-refractivity contribution in [1.82, 2.24) is 9.97 Å².